The highest BCUT2D eigenvalue weighted by Gasteiger charge is 2.28. The van der Waals surface area contributed by atoms with Crippen molar-refractivity contribution in [1.29, 1.82) is 0 Å². The van der Waals surface area contributed by atoms with Crippen molar-refractivity contribution in [2.75, 3.05) is 19.8 Å². The predicted molar refractivity (Wildman–Crippen MR) is 89.1 cm³/mol. The topological polar surface area (TPSA) is 58.6 Å². The number of amides is 2. The second-order valence-corrected chi connectivity index (χ2v) is 6.46. The van der Waals surface area contributed by atoms with Gasteiger partial charge in [0, 0.05) is 25.6 Å². The summed E-state index contributed by atoms with van der Waals surface area (Å²) >= 11 is 0. The molecule has 0 aromatic heterocycles. The van der Waals surface area contributed by atoms with E-state index in [-0.39, 0.29) is 17.9 Å². The molecule has 1 saturated heterocycles. The molecule has 1 N–H and O–H groups in total. The molecule has 1 atom stereocenters. The van der Waals surface area contributed by atoms with E-state index in [1.807, 2.05) is 29.2 Å². The Morgan fingerprint density at radius 2 is 2.00 bits per heavy atom. The fraction of sp³-hybridized carbons (Fsp3) is 0.556. The summed E-state index contributed by atoms with van der Waals surface area (Å²) in [5.74, 6) is 0.525. The van der Waals surface area contributed by atoms with Gasteiger partial charge in [-0.3, -0.25) is 9.59 Å². The van der Waals surface area contributed by atoms with Crippen molar-refractivity contribution < 1.29 is 14.3 Å². The third kappa shape index (κ3) is 5.06. The Morgan fingerprint density at radius 3 is 2.61 bits per heavy atom. The Balaban J connectivity index is 2.04. The van der Waals surface area contributed by atoms with Crippen LogP contribution in [0.5, 0.6) is 0 Å². The van der Waals surface area contributed by atoms with Crippen LogP contribution in [0, 0.1) is 5.92 Å². The van der Waals surface area contributed by atoms with Gasteiger partial charge in [-0.2, -0.15) is 0 Å². The molecule has 2 amide bonds. The number of hydrogen-bond acceptors (Lipinski definition) is 3. The van der Waals surface area contributed by atoms with E-state index in [9.17, 15) is 9.59 Å². The van der Waals surface area contributed by atoms with Gasteiger partial charge in [0.05, 0.1) is 19.3 Å². The molecule has 1 aromatic carbocycles. The van der Waals surface area contributed by atoms with Crippen LogP contribution in [0.15, 0.2) is 24.3 Å². The number of nitrogens with one attached hydrogen (secondary N) is 1. The smallest absolute Gasteiger partial charge is 0.254 e. The number of carbonyl (C=O) groups excluding carboxylic acids is 2. The molecule has 1 fully saturated rings. The highest BCUT2D eigenvalue weighted by Crippen LogP contribution is 2.19. The molecule has 1 aliphatic rings. The van der Waals surface area contributed by atoms with Crippen molar-refractivity contribution in [3.8, 4) is 0 Å². The number of benzene rings is 1. The van der Waals surface area contributed by atoms with Crippen molar-refractivity contribution in [1.82, 2.24) is 10.2 Å². The molecule has 2 rings (SSSR count). The summed E-state index contributed by atoms with van der Waals surface area (Å²) in [4.78, 5) is 25.6. The largest absolute Gasteiger partial charge is 0.377 e. The third-order valence-corrected chi connectivity index (χ3v) is 3.97. The molecule has 5 nitrogen and oxygen atoms in total. The lowest BCUT2D eigenvalue weighted by molar-refractivity contribution is -0.119. The van der Waals surface area contributed by atoms with Crippen LogP contribution in [-0.2, 0) is 16.1 Å². The average Bonchev–Trinajstić information content (AvgIpc) is 2.53. The summed E-state index contributed by atoms with van der Waals surface area (Å²) in [6.45, 7) is 8.15. The summed E-state index contributed by atoms with van der Waals surface area (Å²) < 4.78 is 5.54. The van der Waals surface area contributed by atoms with E-state index < -0.39 is 0 Å². The highest BCUT2D eigenvalue weighted by molar-refractivity contribution is 5.94. The van der Waals surface area contributed by atoms with Crippen LogP contribution in [-0.4, -0.2) is 42.5 Å². The van der Waals surface area contributed by atoms with Crippen LogP contribution in [0.4, 0.5) is 0 Å². The van der Waals surface area contributed by atoms with Gasteiger partial charge in [0.15, 0.2) is 0 Å². The minimum Gasteiger partial charge on any atom is -0.377 e. The van der Waals surface area contributed by atoms with Crippen LogP contribution in [0.25, 0.3) is 0 Å². The van der Waals surface area contributed by atoms with Gasteiger partial charge < -0.3 is 15.0 Å². The molecule has 0 saturated carbocycles. The minimum absolute atomic E-state index is 0.0602. The molecule has 0 aliphatic carbocycles. The lowest BCUT2D eigenvalue weighted by atomic mass is 10.0. The minimum atomic E-state index is -0.0602. The maximum Gasteiger partial charge on any atom is 0.254 e. The maximum absolute atomic E-state index is 12.8. The SMILES string of the molecule is CC(=O)NCc1ccc(C(=O)N2CCOCC2CC(C)C)cc1. The highest BCUT2D eigenvalue weighted by atomic mass is 16.5. The first-order chi connectivity index (χ1) is 11.0. The van der Waals surface area contributed by atoms with Crippen LogP contribution >= 0.6 is 0 Å². The standard InChI is InChI=1S/C18H26N2O3/c1-13(2)10-17-12-23-9-8-20(17)18(22)16-6-4-15(5-7-16)11-19-14(3)21/h4-7,13,17H,8-12H2,1-3H3,(H,19,21). The number of hydrogen-bond donors (Lipinski definition) is 1. The molecule has 0 spiro atoms. The van der Waals surface area contributed by atoms with Gasteiger partial charge in [-0.1, -0.05) is 26.0 Å². The molecule has 23 heavy (non-hydrogen) atoms. The summed E-state index contributed by atoms with van der Waals surface area (Å²) in [6.07, 6.45) is 0.951. The predicted octanol–water partition coefficient (Wildman–Crippen LogP) is 2.21. The van der Waals surface area contributed by atoms with E-state index in [0.29, 0.717) is 37.8 Å². The number of ether oxygens (including phenoxy) is 1. The molecule has 1 heterocycles. The van der Waals surface area contributed by atoms with Gasteiger partial charge in [0.2, 0.25) is 5.91 Å². The molecular formula is C18H26N2O3. The molecule has 0 bridgehead atoms. The Kier molecular flexibility index (Phi) is 6.16. The van der Waals surface area contributed by atoms with Crippen molar-refractivity contribution in [3.05, 3.63) is 35.4 Å². The molecule has 5 heteroatoms. The Hall–Kier alpha value is -1.88. The maximum atomic E-state index is 12.8. The number of rotatable bonds is 5. The van der Waals surface area contributed by atoms with Gasteiger partial charge in [-0.05, 0) is 30.0 Å². The molecule has 1 unspecified atom stereocenters. The lowest BCUT2D eigenvalue weighted by Crippen LogP contribution is -2.49. The van der Waals surface area contributed by atoms with E-state index in [0.717, 1.165) is 12.0 Å². The molecule has 0 radical (unpaired) electrons. The first-order valence-electron chi connectivity index (χ1n) is 8.19. The van der Waals surface area contributed by atoms with E-state index in [1.54, 1.807) is 0 Å². The van der Waals surface area contributed by atoms with E-state index in [4.69, 9.17) is 4.74 Å². The van der Waals surface area contributed by atoms with Crippen LogP contribution in [0.3, 0.4) is 0 Å². The molecular weight excluding hydrogens is 292 g/mol. The quantitative estimate of drug-likeness (QED) is 0.905. The second kappa shape index (κ2) is 8.11. The van der Waals surface area contributed by atoms with Crippen molar-refractivity contribution >= 4 is 11.8 Å². The monoisotopic (exact) mass is 318 g/mol. The summed E-state index contributed by atoms with van der Waals surface area (Å²) in [5.41, 5.74) is 1.67. The zero-order valence-electron chi connectivity index (χ0n) is 14.2. The van der Waals surface area contributed by atoms with Gasteiger partial charge in [-0.25, -0.2) is 0 Å². The Bertz CT molecular complexity index is 540. The Labute approximate surface area is 138 Å². The molecule has 1 aromatic rings. The van der Waals surface area contributed by atoms with Crippen LogP contribution < -0.4 is 5.32 Å². The van der Waals surface area contributed by atoms with E-state index in [2.05, 4.69) is 19.2 Å². The van der Waals surface area contributed by atoms with Crippen molar-refractivity contribution in [3.63, 3.8) is 0 Å². The van der Waals surface area contributed by atoms with Gasteiger partial charge in [0.1, 0.15) is 0 Å². The van der Waals surface area contributed by atoms with Crippen molar-refractivity contribution in [2.45, 2.75) is 39.8 Å². The van der Waals surface area contributed by atoms with E-state index in [1.165, 1.54) is 6.92 Å². The Morgan fingerprint density at radius 1 is 1.30 bits per heavy atom. The second-order valence-electron chi connectivity index (χ2n) is 6.46. The van der Waals surface area contributed by atoms with Crippen LogP contribution in [0.2, 0.25) is 0 Å². The fourth-order valence-electron chi connectivity index (χ4n) is 2.82. The summed E-state index contributed by atoms with van der Waals surface area (Å²) in [7, 11) is 0. The normalized spacial score (nSPS) is 18.1. The van der Waals surface area contributed by atoms with Gasteiger partial charge in [0.25, 0.3) is 5.91 Å². The molecule has 1 aliphatic heterocycles. The van der Waals surface area contributed by atoms with Crippen LogP contribution in [0.1, 0.15) is 43.1 Å². The van der Waals surface area contributed by atoms with Crippen molar-refractivity contribution in [2.24, 2.45) is 5.92 Å². The van der Waals surface area contributed by atoms with E-state index >= 15 is 0 Å². The molecule has 126 valence electrons. The van der Waals surface area contributed by atoms with Gasteiger partial charge >= 0.3 is 0 Å². The summed E-state index contributed by atoms with van der Waals surface area (Å²) in [5, 5.41) is 2.75. The average molecular weight is 318 g/mol. The third-order valence-electron chi connectivity index (χ3n) is 3.97. The number of nitrogens with zero attached hydrogens (tertiary/aromatic N) is 1. The number of morpholine rings is 1. The zero-order valence-corrected chi connectivity index (χ0v) is 14.2. The summed E-state index contributed by atoms with van der Waals surface area (Å²) in [6, 6.07) is 7.60. The lowest BCUT2D eigenvalue weighted by Gasteiger charge is -2.36. The first kappa shape index (κ1) is 17.5. The zero-order chi connectivity index (χ0) is 16.8. The first-order valence-corrected chi connectivity index (χ1v) is 8.19. The van der Waals surface area contributed by atoms with Gasteiger partial charge in [-0.15, -0.1) is 0 Å². The number of carbonyl (C=O) groups is 2. The fourth-order valence-corrected chi connectivity index (χ4v) is 2.82.